The van der Waals surface area contributed by atoms with Crippen LogP contribution in [0.5, 0.6) is 5.75 Å². The van der Waals surface area contributed by atoms with Crippen LogP contribution < -0.4 is 4.74 Å². The fraction of sp³-hybridized carbons (Fsp3) is 0.739. The summed E-state index contributed by atoms with van der Waals surface area (Å²) in [5.74, 6) is 2.27. The number of methoxy groups -OCH3 is 1. The Morgan fingerprint density at radius 1 is 0.889 bits per heavy atom. The smallest absolute Gasteiger partial charge is 0.464 e. The van der Waals surface area contributed by atoms with Crippen LogP contribution in [0, 0.1) is 5.92 Å². The molecule has 4 heteroatoms. The van der Waals surface area contributed by atoms with Gasteiger partial charge in [-0.2, -0.15) is 0 Å². The highest BCUT2D eigenvalue weighted by atomic mass is 16.7. The van der Waals surface area contributed by atoms with Crippen molar-refractivity contribution in [2.24, 2.45) is 5.92 Å². The third-order valence-corrected chi connectivity index (χ3v) is 7.98. The molecular weight excluding hydrogens is 335 g/mol. The Bertz CT molecular complexity index is 639. The molecule has 0 radical (unpaired) electrons. The molecule has 3 fully saturated rings. The Hall–Kier alpha value is -0.995. The first-order chi connectivity index (χ1) is 12.8. The Kier molecular flexibility index (Phi) is 4.87. The van der Waals surface area contributed by atoms with E-state index in [0.717, 1.165) is 11.7 Å². The van der Waals surface area contributed by atoms with E-state index in [1.807, 2.05) is 0 Å². The zero-order valence-electron chi connectivity index (χ0n) is 17.7. The van der Waals surface area contributed by atoms with Crippen LogP contribution in [-0.2, 0) is 9.31 Å². The number of rotatable bonds is 4. The molecule has 1 aromatic rings. The third kappa shape index (κ3) is 3.23. The molecule has 2 aliphatic carbocycles. The summed E-state index contributed by atoms with van der Waals surface area (Å²) in [6.45, 7) is 8.73. The highest BCUT2D eigenvalue weighted by Gasteiger charge is 2.65. The van der Waals surface area contributed by atoms with Crippen LogP contribution in [-0.4, -0.2) is 25.4 Å². The lowest BCUT2D eigenvalue weighted by molar-refractivity contribution is 0.00578. The van der Waals surface area contributed by atoms with Gasteiger partial charge in [-0.3, -0.25) is 0 Å². The van der Waals surface area contributed by atoms with E-state index in [9.17, 15) is 0 Å². The molecule has 0 N–H and O–H groups in total. The van der Waals surface area contributed by atoms with Crippen molar-refractivity contribution in [2.75, 3.05) is 7.11 Å². The van der Waals surface area contributed by atoms with Crippen LogP contribution in [0.15, 0.2) is 24.3 Å². The van der Waals surface area contributed by atoms with Crippen LogP contribution in [0.1, 0.15) is 84.1 Å². The summed E-state index contributed by atoms with van der Waals surface area (Å²) in [5, 5.41) is 0.177. The highest BCUT2D eigenvalue weighted by molar-refractivity contribution is 6.50. The normalized spacial score (nSPS) is 32.9. The predicted molar refractivity (Wildman–Crippen MR) is 110 cm³/mol. The fourth-order valence-electron chi connectivity index (χ4n) is 5.44. The standard InChI is InChI=1S/C23H35BO3/c1-21(2)22(3,4)27-24(26-21)23(19-9-7-6-8-10-19)15-18(16-23)17-11-13-20(25-5)14-12-17/h11-14,18-19H,6-10,15-16H2,1-5H3. The average Bonchev–Trinajstić information content (AvgIpc) is 2.83. The molecule has 3 nitrogen and oxygen atoms in total. The van der Waals surface area contributed by atoms with E-state index in [0.29, 0.717) is 5.92 Å². The summed E-state index contributed by atoms with van der Waals surface area (Å²) in [4.78, 5) is 0. The summed E-state index contributed by atoms with van der Waals surface area (Å²) in [5.41, 5.74) is 0.938. The van der Waals surface area contributed by atoms with Crippen molar-refractivity contribution in [3.63, 3.8) is 0 Å². The van der Waals surface area contributed by atoms with Crippen LogP contribution in [0.3, 0.4) is 0 Å². The van der Waals surface area contributed by atoms with Gasteiger partial charge in [-0.25, -0.2) is 0 Å². The molecular formula is C23H35BO3. The Morgan fingerprint density at radius 2 is 1.44 bits per heavy atom. The predicted octanol–water partition coefficient (Wildman–Crippen LogP) is 5.99. The summed E-state index contributed by atoms with van der Waals surface area (Å²) in [6.07, 6.45) is 9.14. The Morgan fingerprint density at radius 3 is 1.96 bits per heavy atom. The van der Waals surface area contributed by atoms with Gasteiger partial charge in [0, 0.05) is 5.31 Å². The molecule has 148 valence electrons. The van der Waals surface area contributed by atoms with Crippen molar-refractivity contribution in [1.82, 2.24) is 0 Å². The van der Waals surface area contributed by atoms with Gasteiger partial charge in [-0.05, 0) is 70.1 Å². The number of hydrogen-bond donors (Lipinski definition) is 0. The summed E-state index contributed by atoms with van der Waals surface area (Å²) < 4.78 is 18.5. The van der Waals surface area contributed by atoms with Crippen LogP contribution in [0.4, 0.5) is 0 Å². The molecule has 2 saturated carbocycles. The van der Waals surface area contributed by atoms with Gasteiger partial charge in [-0.1, -0.05) is 44.2 Å². The van der Waals surface area contributed by atoms with Gasteiger partial charge in [0.1, 0.15) is 5.75 Å². The van der Waals surface area contributed by atoms with E-state index in [1.54, 1.807) is 7.11 Å². The molecule has 4 rings (SSSR count). The van der Waals surface area contributed by atoms with Crippen molar-refractivity contribution in [1.29, 1.82) is 0 Å². The molecule has 1 heterocycles. The van der Waals surface area contributed by atoms with Gasteiger partial charge in [0.25, 0.3) is 0 Å². The van der Waals surface area contributed by atoms with Gasteiger partial charge < -0.3 is 14.0 Å². The SMILES string of the molecule is COc1ccc(C2CC(B3OC(C)(C)C(C)(C)O3)(C3CCCCC3)C2)cc1. The zero-order chi connectivity index (χ0) is 19.3. The first-order valence-electron chi connectivity index (χ1n) is 10.8. The molecule has 0 bridgehead atoms. The second-order valence-corrected chi connectivity index (χ2v) is 10.0. The molecule has 3 aliphatic rings. The van der Waals surface area contributed by atoms with E-state index >= 15 is 0 Å². The third-order valence-electron chi connectivity index (χ3n) is 7.98. The molecule has 0 spiro atoms. The van der Waals surface area contributed by atoms with Crippen molar-refractivity contribution in [3.05, 3.63) is 29.8 Å². The first kappa shape index (κ1) is 19.3. The molecule has 1 saturated heterocycles. The van der Waals surface area contributed by atoms with E-state index in [1.165, 1.54) is 50.5 Å². The minimum absolute atomic E-state index is 0.0694. The molecule has 1 aromatic carbocycles. The summed E-state index contributed by atoms with van der Waals surface area (Å²) in [6, 6.07) is 8.65. The molecule has 0 unspecified atom stereocenters. The number of benzene rings is 1. The quantitative estimate of drug-likeness (QED) is 0.610. The minimum Gasteiger partial charge on any atom is -0.497 e. The van der Waals surface area contributed by atoms with Crippen molar-refractivity contribution in [3.8, 4) is 5.75 Å². The number of ether oxygens (including phenoxy) is 1. The van der Waals surface area contributed by atoms with Gasteiger partial charge >= 0.3 is 7.12 Å². The summed E-state index contributed by atoms with van der Waals surface area (Å²) in [7, 11) is 1.66. The van der Waals surface area contributed by atoms with Gasteiger partial charge in [-0.15, -0.1) is 0 Å². The highest BCUT2D eigenvalue weighted by Crippen LogP contribution is 2.67. The Balaban J connectivity index is 1.56. The number of hydrogen-bond acceptors (Lipinski definition) is 3. The van der Waals surface area contributed by atoms with Crippen LogP contribution >= 0.6 is 0 Å². The molecule has 27 heavy (non-hydrogen) atoms. The maximum Gasteiger partial charge on any atom is 0.464 e. The van der Waals surface area contributed by atoms with E-state index < -0.39 is 0 Å². The molecule has 0 amide bonds. The maximum atomic E-state index is 6.60. The molecule has 0 aromatic heterocycles. The lowest BCUT2D eigenvalue weighted by atomic mass is 9.37. The van der Waals surface area contributed by atoms with Crippen molar-refractivity contribution >= 4 is 7.12 Å². The van der Waals surface area contributed by atoms with E-state index in [-0.39, 0.29) is 23.6 Å². The maximum absolute atomic E-state index is 6.60. The lowest BCUT2D eigenvalue weighted by Gasteiger charge is -2.54. The van der Waals surface area contributed by atoms with Gasteiger partial charge in [0.2, 0.25) is 0 Å². The molecule has 0 atom stereocenters. The van der Waals surface area contributed by atoms with Crippen molar-refractivity contribution < 1.29 is 14.0 Å². The minimum atomic E-state index is -0.246. The summed E-state index contributed by atoms with van der Waals surface area (Å²) >= 11 is 0. The van der Waals surface area contributed by atoms with Gasteiger partial charge in [0.15, 0.2) is 0 Å². The molecule has 1 aliphatic heterocycles. The topological polar surface area (TPSA) is 27.7 Å². The zero-order valence-corrected chi connectivity index (χ0v) is 17.7. The van der Waals surface area contributed by atoms with Crippen molar-refractivity contribution in [2.45, 2.75) is 95.1 Å². The van der Waals surface area contributed by atoms with Gasteiger partial charge in [0.05, 0.1) is 18.3 Å². The Labute approximate surface area is 165 Å². The second-order valence-electron chi connectivity index (χ2n) is 10.0. The monoisotopic (exact) mass is 370 g/mol. The van der Waals surface area contributed by atoms with Crippen LogP contribution in [0.2, 0.25) is 5.31 Å². The average molecular weight is 370 g/mol. The van der Waals surface area contributed by atoms with Crippen LogP contribution in [0.25, 0.3) is 0 Å². The second kappa shape index (κ2) is 6.81. The van der Waals surface area contributed by atoms with E-state index in [4.69, 9.17) is 14.0 Å². The first-order valence-corrected chi connectivity index (χ1v) is 10.8. The largest absolute Gasteiger partial charge is 0.497 e. The lowest BCUT2D eigenvalue weighted by Crippen LogP contribution is -2.49. The fourth-order valence-corrected chi connectivity index (χ4v) is 5.44. The van der Waals surface area contributed by atoms with E-state index in [2.05, 4.69) is 52.0 Å².